The van der Waals surface area contributed by atoms with Crippen molar-refractivity contribution in [2.75, 3.05) is 5.73 Å². The van der Waals surface area contributed by atoms with Gasteiger partial charge in [-0.25, -0.2) is 0 Å². The highest BCUT2D eigenvalue weighted by Gasteiger charge is 2.17. The first-order valence-corrected chi connectivity index (χ1v) is 3.23. The van der Waals surface area contributed by atoms with Crippen LogP contribution in [-0.2, 0) is 6.42 Å². The monoisotopic (exact) mass is 122 g/mol. The van der Waals surface area contributed by atoms with E-state index in [0.717, 1.165) is 5.82 Å². The molecule has 1 aliphatic rings. The number of fused-ring (bicyclic) bond motifs is 2. The number of anilines is 1. The number of nitrogens with zero attached hydrogens (tertiary/aromatic N) is 1. The second-order valence-corrected chi connectivity index (χ2v) is 2.73. The minimum atomic E-state index is 0.602. The molecule has 0 aromatic carbocycles. The second kappa shape index (κ2) is 1.32. The van der Waals surface area contributed by atoms with E-state index in [4.69, 9.17) is 5.73 Å². The van der Waals surface area contributed by atoms with E-state index in [-0.39, 0.29) is 0 Å². The summed E-state index contributed by atoms with van der Waals surface area (Å²) in [4.78, 5) is 0. The lowest BCUT2D eigenvalue weighted by atomic mass is 10.1. The van der Waals surface area contributed by atoms with Crippen molar-refractivity contribution < 1.29 is 0 Å². The van der Waals surface area contributed by atoms with E-state index in [1.54, 1.807) is 0 Å². The predicted molar refractivity (Wildman–Crippen MR) is 37.3 cm³/mol. The van der Waals surface area contributed by atoms with Gasteiger partial charge >= 0.3 is 0 Å². The predicted octanol–water partition coefficient (Wildman–Crippen LogP) is 1.19. The summed E-state index contributed by atoms with van der Waals surface area (Å²) in [5.41, 5.74) is 7.02. The average Bonchev–Trinajstić information content (AvgIpc) is 2.22. The van der Waals surface area contributed by atoms with Gasteiger partial charge in [0.2, 0.25) is 0 Å². The summed E-state index contributed by atoms with van der Waals surface area (Å²) in [6.45, 7) is 2.18. The van der Waals surface area contributed by atoms with Crippen LogP contribution in [-0.4, -0.2) is 4.57 Å². The second-order valence-electron chi connectivity index (χ2n) is 2.73. The molecule has 0 saturated carbocycles. The van der Waals surface area contributed by atoms with Crippen LogP contribution < -0.4 is 5.73 Å². The lowest BCUT2D eigenvalue weighted by molar-refractivity contribution is 0.584. The first-order valence-electron chi connectivity index (χ1n) is 3.23. The van der Waals surface area contributed by atoms with Gasteiger partial charge in [-0.3, -0.25) is 0 Å². The lowest BCUT2D eigenvalue weighted by Gasteiger charge is -2.11. The van der Waals surface area contributed by atoms with Crippen molar-refractivity contribution in [3.63, 3.8) is 0 Å². The van der Waals surface area contributed by atoms with Crippen LogP contribution in [0.5, 0.6) is 0 Å². The molecule has 1 aromatic rings. The van der Waals surface area contributed by atoms with E-state index in [2.05, 4.69) is 17.7 Å². The van der Waals surface area contributed by atoms with Gasteiger partial charge in [-0.05, 0) is 25.0 Å². The van der Waals surface area contributed by atoms with Crippen molar-refractivity contribution in [1.29, 1.82) is 0 Å². The molecule has 2 nitrogen and oxygen atoms in total. The molecular weight excluding hydrogens is 112 g/mol. The molecule has 2 heterocycles. The van der Waals surface area contributed by atoms with Crippen molar-refractivity contribution in [2.45, 2.75) is 19.4 Å². The van der Waals surface area contributed by atoms with Crippen molar-refractivity contribution in [2.24, 2.45) is 0 Å². The van der Waals surface area contributed by atoms with Crippen LogP contribution in [0, 0.1) is 0 Å². The van der Waals surface area contributed by atoms with Crippen LogP contribution >= 0.6 is 0 Å². The Morgan fingerprint density at radius 3 is 2.89 bits per heavy atom. The lowest BCUT2D eigenvalue weighted by Crippen LogP contribution is -2.06. The molecular formula is C7H10N2. The van der Waals surface area contributed by atoms with Crippen molar-refractivity contribution in [1.82, 2.24) is 4.57 Å². The Kier molecular flexibility index (Phi) is 0.721. The molecule has 0 aliphatic carbocycles. The maximum absolute atomic E-state index is 5.65. The van der Waals surface area contributed by atoms with Gasteiger partial charge in [0.05, 0.1) is 0 Å². The number of hydrogen-bond donors (Lipinski definition) is 1. The van der Waals surface area contributed by atoms with Crippen LogP contribution in [0.2, 0.25) is 0 Å². The zero-order valence-electron chi connectivity index (χ0n) is 5.46. The van der Waals surface area contributed by atoms with E-state index in [1.165, 1.54) is 12.0 Å². The maximum Gasteiger partial charge on any atom is 0.103 e. The van der Waals surface area contributed by atoms with Crippen molar-refractivity contribution in [3.05, 3.63) is 17.8 Å². The number of nitrogen functional groups attached to an aromatic ring is 1. The smallest absolute Gasteiger partial charge is 0.103 e. The Morgan fingerprint density at radius 1 is 1.78 bits per heavy atom. The van der Waals surface area contributed by atoms with Gasteiger partial charge in [-0.1, -0.05) is 0 Å². The van der Waals surface area contributed by atoms with Gasteiger partial charge in [0.25, 0.3) is 0 Å². The third-order valence-corrected chi connectivity index (χ3v) is 1.94. The minimum Gasteiger partial charge on any atom is -0.385 e. The molecule has 9 heavy (non-hydrogen) atoms. The van der Waals surface area contributed by atoms with Gasteiger partial charge in [0.15, 0.2) is 0 Å². The fourth-order valence-electron chi connectivity index (χ4n) is 1.49. The van der Waals surface area contributed by atoms with E-state index < -0.39 is 0 Å². The SMILES string of the molecule is CC1Cc2cc(N)n1c2. The van der Waals surface area contributed by atoms with Crippen LogP contribution in [0.1, 0.15) is 18.5 Å². The fourth-order valence-corrected chi connectivity index (χ4v) is 1.49. The summed E-state index contributed by atoms with van der Waals surface area (Å²) in [7, 11) is 0. The van der Waals surface area contributed by atoms with E-state index in [0.29, 0.717) is 6.04 Å². The normalized spacial score (nSPS) is 23.0. The number of rotatable bonds is 0. The van der Waals surface area contributed by atoms with E-state index in [1.807, 2.05) is 6.07 Å². The summed E-state index contributed by atoms with van der Waals surface area (Å²) in [5, 5.41) is 0. The standard InChI is InChI=1S/C7H10N2/c1-5-2-6-3-7(8)9(5)4-6/h3-5H,2,8H2,1H3. The summed E-state index contributed by atoms with van der Waals surface area (Å²) < 4.78 is 2.12. The molecule has 2 N–H and O–H groups in total. The molecule has 48 valence electrons. The zero-order valence-corrected chi connectivity index (χ0v) is 5.46. The Balaban J connectivity index is 2.58. The van der Waals surface area contributed by atoms with Crippen LogP contribution in [0.15, 0.2) is 12.3 Å². The largest absolute Gasteiger partial charge is 0.385 e. The maximum atomic E-state index is 5.65. The first kappa shape index (κ1) is 4.91. The number of aromatic nitrogens is 1. The topological polar surface area (TPSA) is 30.9 Å². The van der Waals surface area contributed by atoms with E-state index in [9.17, 15) is 0 Å². The quantitative estimate of drug-likeness (QED) is 0.550. The number of nitrogens with two attached hydrogens (primary N) is 1. The summed E-state index contributed by atoms with van der Waals surface area (Å²) in [5.74, 6) is 0.906. The average molecular weight is 122 g/mol. The Labute approximate surface area is 54.3 Å². The Bertz CT molecular complexity index is 237. The highest BCUT2D eigenvalue weighted by molar-refractivity contribution is 5.40. The molecule has 2 rings (SSSR count). The molecule has 0 saturated heterocycles. The molecule has 1 aromatic heterocycles. The minimum absolute atomic E-state index is 0.602. The molecule has 0 radical (unpaired) electrons. The highest BCUT2D eigenvalue weighted by Crippen LogP contribution is 2.27. The molecule has 2 heteroatoms. The molecule has 2 bridgehead atoms. The van der Waals surface area contributed by atoms with E-state index >= 15 is 0 Å². The van der Waals surface area contributed by atoms with Crippen molar-refractivity contribution >= 4 is 5.82 Å². The van der Waals surface area contributed by atoms with Crippen LogP contribution in [0.4, 0.5) is 5.82 Å². The highest BCUT2D eigenvalue weighted by atomic mass is 15.1. The molecule has 1 aliphatic heterocycles. The summed E-state index contributed by atoms with van der Waals surface area (Å²) >= 11 is 0. The van der Waals surface area contributed by atoms with Gasteiger partial charge in [0.1, 0.15) is 5.82 Å². The van der Waals surface area contributed by atoms with Gasteiger partial charge < -0.3 is 10.3 Å². The third kappa shape index (κ3) is 0.502. The summed E-state index contributed by atoms with van der Waals surface area (Å²) in [6, 6.07) is 2.64. The number of hydrogen-bond acceptors (Lipinski definition) is 1. The molecule has 0 amide bonds. The summed E-state index contributed by atoms with van der Waals surface area (Å²) in [6.07, 6.45) is 3.29. The molecule has 0 spiro atoms. The van der Waals surface area contributed by atoms with Crippen LogP contribution in [0.25, 0.3) is 0 Å². The molecule has 1 unspecified atom stereocenters. The van der Waals surface area contributed by atoms with Gasteiger partial charge in [-0.2, -0.15) is 0 Å². The molecule has 0 fully saturated rings. The fraction of sp³-hybridized carbons (Fsp3) is 0.429. The Hall–Kier alpha value is -0.920. The third-order valence-electron chi connectivity index (χ3n) is 1.94. The molecule has 1 atom stereocenters. The Morgan fingerprint density at radius 2 is 2.56 bits per heavy atom. The zero-order chi connectivity index (χ0) is 6.43. The van der Waals surface area contributed by atoms with Gasteiger partial charge in [0, 0.05) is 12.2 Å². The van der Waals surface area contributed by atoms with Gasteiger partial charge in [-0.15, -0.1) is 0 Å². The van der Waals surface area contributed by atoms with Crippen molar-refractivity contribution in [3.8, 4) is 0 Å². The first-order chi connectivity index (χ1) is 4.27. The van der Waals surface area contributed by atoms with Crippen LogP contribution in [0.3, 0.4) is 0 Å².